The molecule has 1 fully saturated rings. The van der Waals surface area contributed by atoms with Crippen LogP contribution in [0.5, 0.6) is 5.75 Å². The van der Waals surface area contributed by atoms with Gasteiger partial charge < -0.3 is 14.4 Å². The number of aliphatic hydroxyl groups excluding tert-OH is 1. The number of ether oxygens (including phenoxy) is 1. The molecule has 1 aliphatic heterocycles. The van der Waals surface area contributed by atoms with Crippen molar-refractivity contribution >= 4 is 0 Å². The lowest BCUT2D eigenvalue weighted by Gasteiger charge is -2.15. The lowest BCUT2D eigenvalue weighted by atomic mass is 10.4. The molecule has 1 saturated heterocycles. The van der Waals surface area contributed by atoms with Crippen LogP contribution < -0.4 is 10.3 Å². The van der Waals surface area contributed by atoms with E-state index < -0.39 is 0 Å². The first kappa shape index (κ1) is 13.1. The second kappa shape index (κ2) is 6.56. The van der Waals surface area contributed by atoms with E-state index in [4.69, 9.17) is 9.84 Å². The van der Waals surface area contributed by atoms with Crippen LogP contribution in [0.2, 0.25) is 0 Å². The minimum atomic E-state index is -0.173. The van der Waals surface area contributed by atoms with E-state index >= 15 is 0 Å². The molecule has 0 radical (unpaired) electrons. The van der Waals surface area contributed by atoms with Gasteiger partial charge in [0.1, 0.15) is 6.61 Å². The molecule has 0 aromatic carbocycles. The van der Waals surface area contributed by atoms with Gasteiger partial charge in [0, 0.05) is 19.3 Å². The van der Waals surface area contributed by atoms with Crippen LogP contribution in [0.3, 0.4) is 0 Å². The van der Waals surface area contributed by atoms with E-state index in [2.05, 4.69) is 4.90 Å². The zero-order valence-electron chi connectivity index (χ0n) is 10.5. The Kier molecular flexibility index (Phi) is 4.78. The van der Waals surface area contributed by atoms with E-state index in [1.165, 1.54) is 17.4 Å². The SMILES string of the molecule is O=c1c(OCCN2CCCC2)cccn1CCO. The Morgan fingerprint density at radius 1 is 1.28 bits per heavy atom. The van der Waals surface area contributed by atoms with Crippen molar-refractivity contribution in [2.24, 2.45) is 0 Å². The quantitative estimate of drug-likeness (QED) is 0.792. The van der Waals surface area contributed by atoms with E-state index in [0.29, 0.717) is 18.9 Å². The van der Waals surface area contributed by atoms with Crippen molar-refractivity contribution in [1.29, 1.82) is 0 Å². The lowest BCUT2D eigenvalue weighted by Crippen LogP contribution is -2.27. The maximum atomic E-state index is 11.9. The molecule has 18 heavy (non-hydrogen) atoms. The zero-order valence-corrected chi connectivity index (χ0v) is 10.5. The van der Waals surface area contributed by atoms with Gasteiger partial charge in [-0.05, 0) is 38.1 Å². The van der Waals surface area contributed by atoms with Crippen LogP contribution in [0.15, 0.2) is 23.1 Å². The number of hydrogen-bond donors (Lipinski definition) is 1. The van der Waals surface area contributed by atoms with Crippen molar-refractivity contribution < 1.29 is 9.84 Å². The van der Waals surface area contributed by atoms with Gasteiger partial charge >= 0.3 is 0 Å². The molecule has 1 aliphatic rings. The third kappa shape index (κ3) is 3.34. The second-order valence-corrected chi connectivity index (χ2v) is 4.49. The van der Waals surface area contributed by atoms with Gasteiger partial charge in [0.15, 0.2) is 5.75 Å². The molecule has 0 unspecified atom stereocenters. The Hall–Kier alpha value is -1.33. The molecule has 1 aromatic heterocycles. The average Bonchev–Trinajstić information content (AvgIpc) is 2.87. The smallest absolute Gasteiger partial charge is 0.292 e. The van der Waals surface area contributed by atoms with E-state index in [1.807, 2.05) is 0 Å². The van der Waals surface area contributed by atoms with Crippen LogP contribution >= 0.6 is 0 Å². The van der Waals surface area contributed by atoms with Gasteiger partial charge in [0.25, 0.3) is 5.56 Å². The van der Waals surface area contributed by atoms with E-state index in [0.717, 1.165) is 19.6 Å². The predicted molar refractivity (Wildman–Crippen MR) is 69.0 cm³/mol. The highest BCUT2D eigenvalue weighted by molar-refractivity contribution is 5.17. The summed E-state index contributed by atoms with van der Waals surface area (Å²) in [6.07, 6.45) is 4.18. The van der Waals surface area contributed by atoms with Gasteiger partial charge in [-0.1, -0.05) is 0 Å². The number of aromatic nitrogens is 1. The summed E-state index contributed by atoms with van der Waals surface area (Å²) in [5.41, 5.74) is -0.173. The monoisotopic (exact) mass is 252 g/mol. The Bertz CT molecular complexity index is 424. The third-order valence-electron chi connectivity index (χ3n) is 3.19. The standard InChI is InChI=1S/C13H20N2O3/c16-10-8-15-7-3-4-12(13(15)17)18-11-9-14-5-1-2-6-14/h3-4,7,16H,1-2,5-6,8-11H2. The fraction of sp³-hybridized carbons (Fsp3) is 0.615. The fourth-order valence-corrected chi connectivity index (χ4v) is 2.20. The van der Waals surface area contributed by atoms with Crippen LogP contribution in [-0.2, 0) is 6.54 Å². The molecule has 5 nitrogen and oxygen atoms in total. The summed E-state index contributed by atoms with van der Waals surface area (Å²) in [7, 11) is 0. The maximum absolute atomic E-state index is 11.9. The van der Waals surface area contributed by atoms with Crippen LogP contribution in [0.4, 0.5) is 0 Å². The lowest BCUT2D eigenvalue weighted by molar-refractivity contribution is 0.233. The molecule has 0 amide bonds. The Morgan fingerprint density at radius 3 is 2.78 bits per heavy atom. The minimum absolute atomic E-state index is 0.0445. The molecule has 1 aromatic rings. The van der Waals surface area contributed by atoms with Gasteiger partial charge in [-0.25, -0.2) is 0 Å². The van der Waals surface area contributed by atoms with Gasteiger partial charge in [0.05, 0.1) is 6.61 Å². The van der Waals surface area contributed by atoms with Crippen LogP contribution in [0.1, 0.15) is 12.8 Å². The van der Waals surface area contributed by atoms with Crippen molar-refractivity contribution in [3.63, 3.8) is 0 Å². The largest absolute Gasteiger partial charge is 0.487 e. The molecule has 5 heteroatoms. The second-order valence-electron chi connectivity index (χ2n) is 4.49. The number of aliphatic hydroxyl groups is 1. The summed E-state index contributed by atoms with van der Waals surface area (Å²) in [6, 6.07) is 3.45. The van der Waals surface area contributed by atoms with Crippen molar-refractivity contribution in [2.75, 3.05) is 32.8 Å². The molecule has 2 rings (SSSR count). The molecular weight excluding hydrogens is 232 g/mol. The van der Waals surface area contributed by atoms with E-state index in [9.17, 15) is 4.79 Å². The summed E-state index contributed by atoms with van der Waals surface area (Å²) in [4.78, 5) is 14.2. The van der Waals surface area contributed by atoms with Crippen molar-refractivity contribution in [3.05, 3.63) is 28.7 Å². The third-order valence-corrected chi connectivity index (χ3v) is 3.19. The van der Waals surface area contributed by atoms with Crippen LogP contribution in [0.25, 0.3) is 0 Å². The summed E-state index contributed by atoms with van der Waals surface area (Å²) in [5, 5.41) is 8.85. The highest BCUT2D eigenvalue weighted by Crippen LogP contribution is 2.07. The first-order valence-electron chi connectivity index (χ1n) is 6.47. The first-order valence-corrected chi connectivity index (χ1v) is 6.47. The van der Waals surface area contributed by atoms with E-state index in [-0.39, 0.29) is 12.2 Å². The number of hydrogen-bond acceptors (Lipinski definition) is 4. The number of pyridine rings is 1. The maximum Gasteiger partial charge on any atom is 0.292 e. The van der Waals surface area contributed by atoms with Gasteiger partial charge in [0.2, 0.25) is 0 Å². The van der Waals surface area contributed by atoms with E-state index in [1.54, 1.807) is 18.3 Å². The highest BCUT2D eigenvalue weighted by Gasteiger charge is 2.11. The predicted octanol–water partition coefficient (Wildman–Crippen LogP) is 0.315. The molecule has 0 aliphatic carbocycles. The normalized spacial score (nSPS) is 16.1. The number of nitrogens with zero attached hydrogens (tertiary/aromatic N) is 2. The summed E-state index contributed by atoms with van der Waals surface area (Å²) in [5.74, 6) is 0.366. The molecule has 0 saturated carbocycles. The number of likely N-dealkylation sites (tertiary alicyclic amines) is 1. The molecule has 2 heterocycles. The minimum Gasteiger partial charge on any atom is -0.487 e. The Balaban J connectivity index is 1.88. The molecular formula is C13H20N2O3. The highest BCUT2D eigenvalue weighted by atomic mass is 16.5. The Labute approximate surface area is 107 Å². The van der Waals surface area contributed by atoms with Gasteiger partial charge in [-0.3, -0.25) is 9.69 Å². The van der Waals surface area contributed by atoms with Crippen LogP contribution in [0, 0.1) is 0 Å². The zero-order chi connectivity index (χ0) is 12.8. The summed E-state index contributed by atoms with van der Waals surface area (Å²) >= 11 is 0. The van der Waals surface area contributed by atoms with Crippen LogP contribution in [-0.4, -0.2) is 47.4 Å². The molecule has 0 atom stereocenters. The van der Waals surface area contributed by atoms with Crippen molar-refractivity contribution in [1.82, 2.24) is 9.47 Å². The number of rotatable bonds is 6. The van der Waals surface area contributed by atoms with Gasteiger partial charge in [-0.2, -0.15) is 0 Å². The topological polar surface area (TPSA) is 54.7 Å². The Morgan fingerprint density at radius 2 is 2.06 bits per heavy atom. The molecule has 1 N–H and O–H groups in total. The average molecular weight is 252 g/mol. The van der Waals surface area contributed by atoms with Gasteiger partial charge in [-0.15, -0.1) is 0 Å². The van der Waals surface area contributed by atoms with Crippen molar-refractivity contribution in [3.8, 4) is 5.75 Å². The summed E-state index contributed by atoms with van der Waals surface area (Å²) in [6.45, 7) is 3.94. The molecule has 0 bridgehead atoms. The molecule has 100 valence electrons. The summed E-state index contributed by atoms with van der Waals surface area (Å²) < 4.78 is 6.99. The fourth-order valence-electron chi connectivity index (χ4n) is 2.20. The first-order chi connectivity index (χ1) is 8.81. The van der Waals surface area contributed by atoms with Crippen molar-refractivity contribution in [2.45, 2.75) is 19.4 Å². The molecule has 0 spiro atoms.